The molecule has 0 saturated carbocycles. The zero-order valence-corrected chi connectivity index (χ0v) is 15.8. The summed E-state index contributed by atoms with van der Waals surface area (Å²) < 4.78 is 35.5. The largest absolute Gasteiger partial charge is 0.457 e. The zero-order valence-electron chi connectivity index (χ0n) is 15.8. The van der Waals surface area contributed by atoms with E-state index in [0.717, 1.165) is 18.6 Å². The van der Waals surface area contributed by atoms with Crippen LogP contribution >= 0.6 is 0 Å². The fourth-order valence-electron chi connectivity index (χ4n) is 2.87. The maximum atomic E-state index is 14.1. The normalized spacial score (nSPS) is 11.0. The van der Waals surface area contributed by atoms with E-state index in [1.807, 2.05) is 6.92 Å². The first-order valence-electron chi connectivity index (χ1n) is 8.81. The van der Waals surface area contributed by atoms with Crippen LogP contribution in [0.15, 0.2) is 18.2 Å². The van der Waals surface area contributed by atoms with E-state index >= 15 is 0 Å². The predicted molar refractivity (Wildman–Crippen MR) is 94.6 cm³/mol. The Morgan fingerprint density at radius 3 is 2.75 bits per heavy atom. The average molecular weight is 390 g/mol. The molecule has 10 heteroatoms. The number of aryl methyl sites for hydroxylation is 2. The third-order valence-electron chi connectivity index (χ3n) is 4.30. The van der Waals surface area contributed by atoms with E-state index < -0.39 is 17.6 Å². The highest BCUT2D eigenvalue weighted by atomic mass is 19.1. The number of esters is 1. The SMILES string of the molecule is CCCn1nnnc1COC(=O)Cc1c(C)nn(-c2ccc(F)cc2F)c1C. The molecule has 1 aromatic carbocycles. The smallest absolute Gasteiger partial charge is 0.310 e. The molecule has 0 fully saturated rings. The quantitative estimate of drug-likeness (QED) is 0.576. The molecule has 0 saturated heterocycles. The molecule has 0 aliphatic carbocycles. The van der Waals surface area contributed by atoms with Crippen LogP contribution in [0.5, 0.6) is 0 Å². The predicted octanol–water partition coefficient (Wildman–Crippen LogP) is 2.45. The first-order chi connectivity index (χ1) is 13.4. The van der Waals surface area contributed by atoms with Crippen molar-refractivity contribution in [1.29, 1.82) is 0 Å². The van der Waals surface area contributed by atoms with Crippen molar-refractivity contribution in [3.8, 4) is 5.69 Å². The number of ether oxygens (including phenoxy) is 1. The van der Waals surface area contributed by atoms with Crippen LogP contribution in [0.25, 0.3) is 5.69 Å². The monoisotopic (exact) mass is 390 g/mol. The maximum Gasteiger partial charge on any atom is 0.310 e. The van der Waals surface area contributed by atoms with E-state index in [1.54, 1.807) is 18.5 Å². The van der Waals surface area contributed by atoms with Crippen molar-refractivity contribution in [3.63, 3.8) is 0 Å². The van der Waals surface area contributed by atoms with Gasteiger partial charge < -0.3 is 4.74 Å². The molecule has 0 amide bonds. The molecule has 148 valence electrons. The van der Waals surface area contributed by atoms with E-state index in [1.165, 1.54) is 10.7 Å². The molecule has 0 atom stereocenters. The Hall–Kier alpha value is -3.17. The highest BCUT2D eigenvalue weighted by Crippen LogP contribution is 2.21. The summed E-state index contributed by atoms with van der Waals surface area (Å²) in [5.74, 6) is -1.41. The van der Waals surface area contributed by atoms with Crippen molar-refractivity contribution in [1.82, 2.24) is 30.0 Å². The molecule has 3 rings (SSSR count). The first-order valence-corrected chi connectivity index (χ1v) is 8.81. The minimum atomic E-state index is -0.734. The van der Waals surface area contributed by atoms with Gasteiger partial charge in [0.25, 0.3) is 0 Å². The van der Waals surface area contributed by atoms with Crippen molar-refractivity contribution in [2.45, 2.75) is 46.8 Å². The van der Waals surface area contributed by atoms with Gasteiger partial charge in [-0.3, -0.25) is 4.79 Å². The number of benzene rings is 1. The molecule has 3 aromatic rings. The molecule has 0 radical (unpaired) electrons. The molecule has 0 aliphatic rings. The number of carbonyl (C=O) groups is 1. The molecule has 28 heavy (non-hydrogen) atoms. The topological polar surface area (TPSA) is 87.7 Å². The van der Waals surface area contributed by atoms with Crippen LogP contribution in [0.4, 0.5) is 8.78 Å². The van der Waals surface area contributed by atoms with Gasteiger partial charge in [0.15, 0.2) is 18.2 Å². The molecule has 0 bridgehead atoms. The lowest BCUT2D eigenvalue weighted by Gasteiger charge is -2.07. The molecule has 0 unspecified atom stereocenters. The number of tetrazole rings is 1. The highest BCUT2D eigenvalue weighted by Gasteiger charge is 2.19. The van der Waals surface area contributed by atoms with E-state index in [-0.39, 0.29) is 18.7 Å². The Morgan fingerprint density at radius 2 is 2.04 bits per heavy atom. The van der Waals surface area contributed by atoms with Gasteiger partial charge in [-0.2, -0.15) is 5.10 Å². The molecule has 0 spiro atoms. The van der Waals surface area contributed by atoms with Gasteiger partial charge in [-0.05, 0) is 42.8 Å². The standard InChI is InChI=1S/C18H20F2N6O2/c1-4-7-25-17(21-23-24-25)10-28-18(27)9-14-11(2)22-26(12(14)3)16-6-5-13(19)8-15(16)20/h5-6,8H,4,7,9-10H2,1-3H3. The number of nitrogens with zero attached hydrogens (tertiary/aromatic N) is 6. The van der Waals surface area contributed by atoms with Gasteiger partial charge >= 0.3 is 5.97 Å². The molecular formula is C18H20F2N6O2. The summed E-state index contributed by atoms with van der Waals surface area (Å²) in [7, 11) is 0. The first kappa shape index (κ1) is 19.6. The summed E-state index contributed by atoms with van der Waals surface area (Å²) in [4.78, 5) is 12.3. The van der Waals surface area contributed by atoms with Gasteiger partial charge in [0.2, 0.25) is 0 Å². The highest BCUT2D eigenvalue weighted by molar-refractivity contribution is 5.73. The molecule has 2 aromatic heterocycles. The zero-order chi connectivity index (χ0) is 20.3. The average Bonchev–Trinajstić information content (AvgIpc) is 3.20. The maximum absolute atomic E-state index is 14.1. The van der Waals surface area contributed by atoms with Crippen LogP contribution in [-0.4, -0.2) is 36.0 Å². The summed E-state index contributed by atoms with van der Waals surface area (Å²) in [6.45, 7) is 6.02. The van der Waals surface area contributed by atoms with Crippen molar-refractivity contribution in [2.24, 2.45) is 0 Å². The van der Waals surface area contributed by atoms with Gasteiger partial charge in [-0.1, -0.05) is 6.92 Å². The number of rotatable bonds is 7. The lowest BCUT2D eigenvalue weighted by Crippen LogP contribution is -2.13. The van der Waals surface area contributed by atoms with E-state index in [9.17, 15) is 13.6 Å². The number of hydrogen-bond acceptors (Lipinski definition) is 6. The lowest BCUT2D eigenvalue weighted by molar-refractivity contribution is -0.144. The minimum Gasteiger partial charge on any atom is -0.457 e. The second-order valence-corrected chi connectivity index (χ2v) is 6.31. The van der Waals surface area contributed by atoms with Gasteiger partial charge in [0, 0.05) is 23.9 Å². The van der Waals surface area contributed by atoms with Gasteiger partial charge in [-0.15, -0.1) is 5.10 Å². The van der Waals surface area contributed by atoms with Gasteiger partial charge in [0.05, 0.1) is 12.1 Å². The van der Waals surface area contributed by atoms with Crippen LogP contribution in [0.2, 0.25) is 0 Å². The fraction of sp³-hybridized carbons (Fsp3) is 0.389. The second-order valence-electron chi connectivity index (χ2n) is 6.31. The number of aromatic nitrogens is 6. The minimum absolute atomic E-state index is 0.0319. The summed E-state index contributed by atoms with van der Waals surface area (Å²) in [6, 6.07) is 3.25. The van der Waals surface area contributed by atoms with Crippen LogP contribution in [0.3, 0.4) is 0 Å². The van der Waals surface area contributed by atoms with Crippen molar-refractivity contribution in [2.75, 3.05) is 0 Å². The van der Waals surface area contributed by atoms with Crippen LogP contribution in [0.1, 0.15) is 36.1 Å². The summed E-state index contributed by atoms with van der Waals surface area (Å²) in [5.41, 5.74) is 1.88. The number of halogens is 2. The number of carbonyl (C=O) groups excluding carboxylic acids is 1. The molecular weight excluding hydrogens is 370 g/mol. The molecule has 0 N–H and O–H groups in total. The Bertz CT molecular complexity index is 998. The summed E-state index contributed by atoms with van der Waals surface area (Å²) >= 11 is 0. The van der Waals surface area contributed by atoms with E-state index in [0.29, 0.717) is 29.3 Å². The van der Waals surface area contributed by atoms with Crippen LogP contribution < -0.4 is 0 Å². The van der Waals surface area contributed by atoms with E-state index in [2.05, 4.69) is 20.6 Å². The van der Waals surface area contributed by atoms with Crippen molar-refractivity contribution >= 4 is 5.97 Å². The van der Waals surface area contributed by atoms with Crippen molar-refractivity contribution in [3.05, 3.63) is 52.6 Å². The Balaban J connectivity index is 1.73. The summed E-state index contributed by atoms with van der Waals surface area (Å²) in [5, 5.41) is 15.5. The number of hydrogen-bond donors (Lipinski definition) is 0. The van der Waals surface area contributed by atoms with Crippen LogP contribution in [-0.2, 0) is 29.1 Å². The lowest BCUT2D eigenvalue weighted by atomic mass is 10.1. The molecule has 0 aliphatic heterocycles. The van der Waals surface area contributed by atoms with Crippen molar-refractivity contribution < 1.29 is 18.3 Å². The van der Waals surface area contributed by atoms with Gasteiger partial charge in [-0.25, -0.2) is 18.1 Å². The molecule has 2 heterocycles. The fourth-order valence-corrected chi connectivity index (χ4v) is 2.87. The Kier molecular flexibility index (Phi) is 5.76. The Morgan fingerprint density at radius 1 is 1.25 bits per heavy atom. The van der Waals surface area contributed by atoms with Crippen LogP contribution in [0, 0.1) is 25.5 Å². The van der Waals surface area contributed by atoms with Gasteiger partial charge in [0.1, 0.15) is 11.5 Å². The van der Waals surface area contributed by atoms with E-state index in [4.69, 9.17) is 4.74 Å². The second kappa shape index (κ2) is 8.24. The summed E-state index contributed by atoms with van der Waals surface area (Å²) in [6.07, 6.45) is 0.819. The Labute approximate surface area is 160 Å². The third-order valence-corrected chi connectivity index (χ3v) is 4.30. The molecule has 8 nitrogen and oxygen atoms in total. The third kappa shape index (κ3) is 4.05.